The number of hydrogen-bond donors (Lipinski definition) is 1. The van der Waals surface area contributed by atoms with E-state index >= 15 is 0 Å². The first-order chi connectivity index (χ1) is 7.74. The molecule has 1 atom stereocenters. The van der Waals surface area contributed by atoms with Gasteiger partial charge in [0.05, 0.1) is 19.9 Å². The quantitative estimate of drug-likeness (QED) is 0.797. The Morgan fingerprint density at radius 3 is 3.06 bits per heavy atom. The fourth-order valence-electron chi connectivity index (χ4n) is 1.46. The highest BCUT2D eigenvalue weighted by atomic mass is 16.3. The van der Waals surface area contributed by atoms with Gasteiger partial charge in [0.1, 0.15) is 5.76 Å². The smallest absolute Gasteiger partial charge is 0.188 e. The summed E-state index contributed by atoms with van der Waals surface area (Å²) in [6.45, 7) is 2.72. The summed E-state index contributed by atoms with van der Waals surface area (Å²) in [7, 11) is 1.75. The number of hydrogen-bond acceptors (Lipinski definition) is 5. The number of nitrogens with one attached hydrogen (secondary N) is 1. The van der Waals surface area contributed by atoms with Crippen molar-refractivity contribution in [2.75, 3.05) is 0 Å². The Morgan fingerprint density at radius 2 is 2.44 bits per heavy atom. The molecule has 2 aromatic rings. The van der Waals surface area contributed by atoms with Gasteiger partial charge in [-0.1, -0.05) is 0 Å². The fraction of sp³-hybridized carbons (Fsp3) is 0.500. The molecule has 1 unspecified atom stereocenters. The average molecular weight is 221 g/mol. The molecule has 2 rings (SSSR count). The van der Waals surface area contributed by atoms with Gasteiger partial charge in [-0.2, -0.15) is 4.80 Å². The molecule has 0 aromatic carbocycles. The predicted octanol–water partition coefficient (Wildman–Crippen LogP) is 0.524. The zero-order valence-corrected chi connectivity index (χ0v) is 9.42. The van der Waals surface area contributed by atoms with Crippen LogP contribution in [0.5, 0.6) is 0 Å². The van der Waals surface area contributed by atoms with Gasteiger partial charge in [-0.15, -0.1) is 10.2 Å². The van der Waals surface area contributed by atoms with Gasteiger partial charge in [0, 0.05) is 12.5 Å². The van der Waals surface area contributed by atoms with Crippen LogP contribution < -0.4 is 5.32 Å². The van der Waals surface area contributed by atoms with E-state index in [9.17, 15) is 0 Å². The molecule has 0 saturated carbocycles. The van der Waals surface area contributed by atoms with Gasteiger partial charge in [-0.3, -0.25) is 0 Å². The van der Waals surface area contributed by atoms with Crippen molar-refractivity contribution in [3.63, 3.8) is 0 Å². The molecule has 86 valence electrons. The van der Waals surface area contributed by atoms with E-state index in [1.54, 1.807) is 13.3 Å². The number of furan rings is 1. The monoisotopic (exact) mass is 221 g/mol. The van der Waals surface area contributed by atoms with Crippen molar-refractivity contribution in [1.29, 1.82) is 0 Å². The highest BCUT2D eigenvalue weighted by molar-refractivity contribution is 5.00. The number of rotatable bonds is 5. The van der Waals surface area contributed by atoms with E-state index in [1.807, 2.05) is 12.1 Å². The molecule has 0 amide bonds. The summed E-state index contributed by atoms with van der Waals surface area (Å²) < 4.78 is 5.27. The summed E-state index contributed by atoms with van der Waals surface area (Å²) in [4.78, 5) is 1.45. The Kier molecular flexibility index (Phi) is 3.31. The number of aryl methyl sites for hydroxylation is 1. The molecule has 6 heteroatoms. The lowest BCUT2D eigenvalue weighted by molar-refractivity contribution is 0.453. The highest BCUT2D eigenvalue weighted by Crippen LogP contribution is 2.03. The van der Waals surface area contributed by atoms with Gasteiger partial charge >= 0.3 is 0 Å². The molecular formula is C10H15N5O. The van der Waals surface area contributed by atoms with Crippen LogP contribution >= 0.6 is 0 Å². The Morgan fingerprint density at radius 1 is 1.56 bits per heavy atom. The second-order valence-corrected chi connectivity index (χ2v) is 3.76. The molecule has 2 heterocycles. The van der Waals surface area contributed by atoms with E-state index < -0.39 is 0 Å². The predicted molar refractivity (Wildman–Crippen MR) is 57.5 cm³/mol. The normalized spacial score (nSPS) is 12.9. The summed E-state index contributed by atoms with van der Waals surface area (Å²) >= 11 is 0. The van der Waals surface area contributed by atoms with Gasteiger partial charge in [0.25, 0.3) is 0 Å². The maximum Gasteiger partial charge on any atom is 0.188 e. The minimum absolute atomic E-state index is 0.315. The van der Waals surface area contributed by atoms with Crippen LogP contribution in [-0.2, 0) is 20.0 Å². The molecule has 16 heavy (non-hydrogen) atoms. The lowest BCUT2D eigenvalue weighted by Gasteiger charge is -2.09. The van der Waals surface area contributed by atoms with Crippen LogP contribution in [-0.4, -0.2) is 26.2 Å². The largest absolute Gasteiger partial charge is 0.469 e. The summed E-state index contributed by atoms with van der Waals surface area (Å²) in [6, 6.07) is 4.18. The van der Waals surface area contributed by atoms with Crippen LogP contribution in [0.4, 0.5) is 0 Å². The lowest BCUT2D eigenvalue weighted by atomic mass is 10.2. The van der Waals surface area contributed by atoms with Crippen LogP contribution in [0.2, 0.25) is 0 Å². The van der Waals surface area contributed by atoms with E-state index in [4.69, 9.17) is 4.42 Å². The third kappa shape index (κ3) is 2.90. The number of nitrogens with zero attached hydrogens (tertiary/aromatic N) is 4. The van der Waals surface area contributed by atoms with Crippen molar-refractivity contribution < 1.29 is 4.42 Å². The molecule has 0 aliphatic heterocycles. The Hall–Kier alpha value is -1.69. The third-order valence-electron chi connectivity index (χ3n) is 2.25. The standard InChI is InChI=1S/C10H15N5O/c1-8(6-9-4-3-5-16-9)11-7-10-12-14-15(2)13-10/h3-5,8,11H,6-7H2,1-2H3. The molecule has 0 spiro atoms. The SMILES string of the molecule is CC(Cc1ccco1)NCc1nnn(C)n1. The molecule has 0 fully saturated rings. The molecule has 0 bridgehead atoms. The molecule has 2 aromatic heterocycles. The van der Waals surface area contributed by atoms with Gasteiger partial charge < -0.3 is 9.73 Å². The molecule has 0 aliphatic carbocycles. The van der Waals surface area contributed by atoms with Crippen molar-refractivity contribution in [2.24, 2.45) is 7.05 Å². The maximum absolute atomic E-state index is 5.27. The van der Waals surface area contributed by atoms with Gasteiger partial charge in [0.15, 0.2) is 5.82 Å². The summed E-state index contributed by atoms with van der Waals surface area (Å²) in [6.07, 6.45) is 2.54. The molecule has 6 nitrogen and oxygen atoms in total. The van der Waals surface area contributed by atoms with Crippen molar-refractivity contribution in [1.82, 2.24) is 25.5 Å². The van der Waals surface area contributed by atoms with E-state index in [0.717, 1.165) is 12.2 Å². The molecule has 0 saturated heterocycles. The number of aromatic nitrogens is 4. The Balaban J connectivity index is 1.77. The van der Waals surface area contributed by atoms with Crippen LogP contribution in [0.3, 0.4) is 0 Å². The first-order valence-electron chi connectivity index (χ1n) is 5.22. The Labute approximate surface area is 93.6 Å². The van der Waals surface area contributed by atoms with E-state index in [1.165, 1.54) is 4.80 Å². The summed E-state index contributed by atoms with van der Waals surface area (Å²) in [5.74, 6) is 1.68. The lowest BCUT2D eigenvalue weighted by Crippen LogP contribution is -2.27. The first-order valence-corrected chi connectivity index (χ1v) is 5.22. The van der Waals surface area contributed by atoms with E-state index in [2.05, 4.69) is 27.7 Å². The highest BCUT2D eigenvalue weighted by Gasteiger charge is 2.07. The van der Waals surface area contributed by atoms with Crippen molar-refractivity contribution in [2.45, 2.75) is 25.9 Å². The van der Waals surface area contributed by atoms with E-state index in [0.29, 0.717) is 18.4 Å². The van der Waals surface area contributed by atoms with Crippen LogP contribution in [0.15, 0.2) is 22.8 Å². The minimum atomic E-state index is 0.315. The first kappa shape index (κ1) is 10.8. The summed E-state index contributed by atoms with van der Waals surface area (Å²) in [5, 5.41) is 15.1. The second kappa shape index (κ2) is 4.89. The topological polar surface area (TPSA) is 68.8 Å². The average Bonchev–Trinajstić information content (AvgIpc) is 2.87. The molecule has 1 N–H and O–H groups in total. The Bertz CT molecular complexity index is 422. The number of tetrazole rings is 1. The van der Waals surface area contributed by atoms with Crippen molar-refractivity contribution in [3.05, 3.63) is 30.0 Å². The molecule has 0 aliphatic rings. The zero-order valence-electron chi connectivity index (χ0n) is 9.42. The van der Waals surface area contributed by atoms with Crippen LogP contribution in [0.25, 0.3) is 0 Å². The van der Waals surface area contributed by atoms with Gasteiger partial charge in [0.2, 0.25) is 0 Å². The summed E-state index contributed by atoms with van der Waals surface area (Å²) in [5.41, 5.74) is 0. The minimum Gasteiger partial charge on any atom is -0.469 e. The van der Waals surface area contributed by atoms with Crippen molar-refractivity contribution in [3.8, 4) is 0 Å². The zero-order chi connectivity index (χ0) is 11.4. The van der Waals surface area contributed by atoms with Gasteiger partial charge in [-0.25, -0.2) is 0 Å². The molecule has 0 radical (unpaired) electrons. The third-order valence-corrected chi connectivity index (χ3v) is 2.25. The molecular weight excluding hydrogens is 206 g/mol. The van der Waals surface area contributed by atoms with Crippen molar-refractivity contribution >= 4 is 0 Å². The maximum atomic E-state index is 5.27. The van der Waals surface area contributed by atoms with Crippen LogP contribution in [0.1, 0.15) is 18.5 Å². The van der Waals surface area contributed by atoms with Crippen LogP contribution in [0, 0.1) is 0 Å². The van der Waals surface area contributed by atoms with E-state index in [-0.39, 0.29) is 0 Å². The van der Waals surface area contributed by atoms with Gasteiger partial charge in [-0.05, 0) is 24.3 Å². The second-order valence-electron chi connectivity index (χ2n) is 3.76. The fourth-order valence-corrected chi connectivity index (χ4v) is 1.46.